The first-order valence-corrected chi connectivity index (χ1v) is 6.78. The van der Waals surface area contributed by atoms with Gasteiger partial charge >= 0.3 is 12.0 Å². The predicted octanol–water partition coefficient (Wildman–Crippen LogP) is 1.64. The molecule has 0 saturated heterocycles. The van der Waals surface area contributed by atoms with Gasteiger partial charge in [0.15, 0.2) is 6.10 Å². The number of rotatable bonds is 4. The Hall–Kier alpha value is -2.57. The molecule has 0 aromatic heterocycles. The number of carbonyl (C=O) groups excluding carboxylic acids is 3. The van der Waals surface area contributed by atoms with Gasteiger partial charge in [0.05, 0.1) is 5.56 Å². The normalized spacial score (nSPS) is 12.2. The van der Waals surface area contributed by atoms with Gasteiger partial charge in [0.25, 0.3) is 5.91 Å². The third-order valence-corrected chi connectivity index (χ3v) is 2.54. The minimum atomic E-state index is -0.907. The van der Waals surface area contributed by atoms with Gasteiger partial charge in [-0.2, -0.15) is 0 Å². The van der Waals surface area contributed by atoms with E-state index in [0.717, 1.165) is 0 Å². The lowest BCUT2D eigenvalue weighted by Crippen LogP contribution is -2.46. The van der Waals surface area contributed by atoms with Gasteiger partial charge in [0, 0.05) is 11.2 Å². The lowest BCUT2D eigenvalue weighted by molar-refractivity contribution is -0.130. The average Bonchev–Trinajstić information content (AvgIpc) is 2.36. The van der Waals surface area contributed by atoms with Crippen molar-refractivity contribution in [2.24, 2.45) is 5.73 Å². The SMILES string of the molecule is CC(OC(=O)c1ccc(NC(N)=O)cc1)C(=O)NC(C)(C)C. The van der Waals surface area contributed by atoms with E-state index in [1.54, 1.807) is 0 Å². The summed E-state index contributed by atoms with van der Waals surface area (Å²) in [6, 6.07) is 5.29. The van der Waals surface area contributed by atoms with Crippen LogP contribution in [0.3, 0.4) is 0 Å². The summed E-state index contributed by atoms with van der Waals surface area (Å²) < 4.78 is 5.10. The van der Waals surface area contributed by atoms with Crippen molar-refractivity contribution in [1.29, 1.82) is 0 Å². The second-order valence-electron chi connectivity index (χ2n) is 5.85. The zero-order valence-electron chi connectivity index (χ0n) is 13.1. The maximum absolute atomic E-state index is 11.9. The molecule has 0 fully saturated rings. The molecule has 0 aliphatic heterocycles. The maximum atomic E-state index is 11.9. The first-order chi connectivity index (χ1) is 10.1. The Labute approximate surface area is 129 Å². The molecule has 0 radical (unpaired) electrons. The Morgan fingerprint density at radius 2 is 1.68 bits per heavy atom. The Morgan fingerprint density at radius 3 is 2.14 bits per heavy atom. The second kappa shape index (κ2) is 6.93. The van der Waals surface area contributed by atoms with E-state index >= 15 is 0 Å². The number of carbonyl (C=O) groups is 3. The van der Waals surface area contributed by atoms with Gasteiger partial charge in [-0.05, 0) is 52.0 Å². The van der Waals surface area contributed by atoms with Crippen molar-refractivity contribution >= 4 is 23.6 Å². The van der Waals surface area contributed by atoms with Crippen LogP contribution in [0.5, 0.6) is 0 Å². The number of hydrogen-bond donors (Lipinski definition) is 3. The molecule has 7 nitrogen and oxygen atoms in total. The summed E-state index contributed by atoms with van der Waals surface area (Å²) in [5, 5.41) is 5.11. The van der Waals surface area contributed by atoms with Crippen LogP contribution >= 0.6 is 0 Å². The quantitative estimate of drug-likeness (QED) is 0.734. The Bertz CT molecular complexity index is 561. The van der Waals surface area contributed by atoms with E-state index in [1.165, 1.54) is 31.2 Å². The summed E-state index contributed by atoms with van der Waals surface area (Å²) >= 11 is 0. The van der Waals surface area contributed by atoms with Gasteiger partial charge in [0.1, 0.15) is 0 Å². The van der Waals surface area contributed by atoms with E-state index in [9.17, 15) is 14.4 Å². The molecule has 0 aliphatic rings. The molecule has 1 aromatic carbocycles. The van der Waals surface area contributed by atoms with Crippen molar-refractivity contribution in [2.75, 3.05) is 5.32 Å². The predicted molar refractivity (Wildman–Crippen MR) is 82.4 cm³/mol. The Balaban J connectivity index is 2.64. The van der Waals surface area contributed by atoms with E-state index in [2.05, 4.69) is 10.6 Å². The monoisotopic (exact) mass is 307 g/mol. The number of amides is 3. The lowest BCUT2D eigenvalue weighted by atomic mass is 10.1. The van der Waals surface area contributed by atoms with Gasteiger partial charge in [0.2, 0.25) is 0 Å². The van der Waals surface area contributed by atoms with Crippen molar-refractivity contribution in [3.63, 3.8) is 0 Å². The molecule has 0 heterocycles. The van der Waals surface area contributed by atoms with E-state index < -0.39 is 23.6 Å². The van der Waals surface area contributed by atoms with Gasteiger partial charge in [-0.25, -0.2) is 9.59 Å². The first-order valence-electron chi connectivity index (χ1n) is 6.78. The lowest BCUT2D eigenvalue weighted by Gasteiger charge is -2.23. The highest BCUT2D eigenvalue weighted by molar-refractivity contribution is 5.93. The third kappa shape index (κ3) is 5.82. The highest BCUT2D eigenvalue weighted by atomic mass is 16.5. The number of anilines is 1. The summed E-state index contributed by atoms with van der Waals surface area (Å²) in [4.78, 5) is 34.5. The fraction of sp³-hybridized carbons (Fsp3) is 0.400. The van der Waals surface area contributed by atoms with Crippen molar-refractivity contribution < 1.29 is 19.1 Å². The molecule has 7 heteroatoms. The summed E-state index contributed by atoms with van der Waals surface area (Å²) in [7, 11) is 0. The zero-order valence-corrected chi connectivity index (χ0v) is 13.1. The van der Waals surface area contributed by atoms with Gasteiger partial charge < -0.3 is 21.1 Å². The van der Waals surface area contributed by atoms with Gasteiger partial charge in [-0.1, -0.05) is 0 Å². The smallest absolute Gasteiger partial charge is 0.338 e. The number of esters is 1. The van der Waals surface area contributed by atoms with Crippen LogP contribution in [0.1, 0.15) is 38.1 Å². The van der Waals surface area contributed by atoms with Crippen LogP contribution in [0, 0.1) is 0 Å². The maximum Gasteiger partial charge on any atom is 0.338 e. The van der Waals surface area contributed by atoms with Crippen LogP contribution < -0.4 is 16.4 Å². The molecular formula is C15H21N3O4. The van der Waals surface area contributed by atoms with Crippen LogP contribution in [0.4, 0.5) is 10.5 Å². The van der Waals surface area contributed by atoms with Crippen LogP contribution in [-0.2, 0) is 9.53 Å². The number of urea groups is 1. The summed E-state index contributed by atoms with van der Waals surface area (Å²) in [6.07, 6.45) is -0.907. The topological polar surface area (TPSA) is 111 Å². The molecule has 3 amide bonds. The standard InChI is InChI=1S/C15H21N3O4/c1-9(12(19)18-15(2,3)4)22-13(20)10-5-7-11(8-6-10)17-14(16)21/h5-9H,1-4H3,(H,18,19)(H3,16,17,21). The number of ether oxygens (including phenoxy) is 1. The zero-order chi connectivity index (χ0) is 16.9. The number of nitrogens with two attached hydrogens (primary N) is 1. The minimum absolute atomic E-state index is 0.269. The largest absolute Gasteiger partial charge is 0.449 e. The fourth-order valence-corrected chi connectivity index (χ4v) is 1.59. The van der Waals surface area contributed by atoms with Crippen LogP contribution in [-0.4, -0.2) is 29.6 Å². The van der Waals surface area contributed by atoms with E-state index in [1.807, 2.05) is 20.8 Å². The molecule has 0 spiro atoms. The summed E-state index contributed by atoms with van der Waals surface area (Å²) in [5.74, 6) is -0.991. The molecule has 0 bridgehead atoms. The van der Waals surface area contributed by atoms with Crippen molar-refractivity contribution in [3.05, 3.63) is 29.8 Å². The summed E-state index contributed by atoms with van der Waals surface area (Å²) in [5.41, 5.74) is 5.31. The number of benzene rings is 1. The fourth-order valence-electron chi connectivity index (χ4n) is 1.59. The van der Waals surface area contributed by atoms with E-state index in [0.29, 0.717) is 5.69 Å². The molecular weight excluding hydrogens is 286 g/mol. The molecule has 22 heavy (non-hydrogen) atoms. The Morgan fingerprint density at radius 1 is 1.14 bits per heavy atom. The van der Waals surface area contributed by atoms with Crippen LogP contribution in [0.2, 0.25) is 0 Å². The van der Waals surface area contributed by atoms with Crippen molar-refractivity contribution in [1.82, 2.24) is 5.32 Å². The van der Waals surface area contributed by atoms with Crippen LogP contribution in [0.25, 0.3) is 0 Å². The summed E-state index contributed by atoms with van der Waals surface area (Å²) in [6.45, 7) is 7.01. The van der Waals surface area contributed by atoms with Crippen LogP contribution in [0.15, 0.2) is 24.3 Å². The second-order valence-corrected chi connectivity index (χ2v) is 5.85. The first kappa shape index (κ1) is 17.5. The molecule has 1 aromatic rings. The highest BCUT2D eigenvalue weighted by Crippen LogP contribution is 2.11. The van der Waals surface area contributed by atoms with E-state index in [-0.39, 0.29) is 11.5 Å². The molecule has 1 rings (SSSR count). The molecule has 4 N–H and O–H groups in total. The van der Waals surface area contributed by atoms with E-state index in [4.69, 9.17) is 10.5 Å². The van der Waals surface area contributed by atoms with Crippen molar-refractivity contribution in [2.45, 2.75) is 39.3 Å². The molecule has 1 atom stereocenters. The number of hydrogen-bond acceptors (Lipinski definition) is 4. The number of nitrogens with one attached hydrogen (secondary N) is 2. The van der Waals surface area contributed by atoms with Gasteiger partial charge in [-0.3, -0.25) is 4.79 Å². The molecule has 0 saturated carbocycles. The molecule has 0 aliphatic carbocycles. The average molecular weight is 307 g/mol. The Kier molecular flexibility index (Phi) is 5.50. The molecule has 120 valence electrons. The number of primary amides is 1. The highest BCUT2D eigenvalue weighted by Gasteiger charge is 2.22. The third-order valence-electron chi connectivity index (χ3n) is 2.54. The minimum Gasteiger partial charge on any atom is -0.449 e. The van der Waals surface area contributed by atoms with Crippen molar-refractivity contribution in [3.8, 4) is 0 Å². The van der Waals surface area contributed by atoms with Gasteiger partial charge in [-0.15, -0.1) is 0 Å². The molecule has 1 unspecified atom stereocenters.